The van der Waals surface area contributed by atoms with Crippen LogP contribution in [0.15, 0.2) is 47.5 Å². The van der Waals surface area contributed by atoms with Crippen LogP contribution >= 0.6 is 0 Å². The predicted octanol–water partition coefficient (Wildman–Crippen LogP) is 2.65. The lowest BCUT2D eigenvalue weighted by molar-refractivity contribution is 0.0950. The van der Waals surface area contributed by atoms with Crippen LogP contribution in [0, 0.1) is 5.82 Å². The number of halogens is 1. The maximum absolute atomic E-state index is 13.6. The number of benzene rings is 2. The highest BCUT2D eigenvalue weighted by atomic mass is 19.1. The Bertz CT molecular complexity index is 827. The van der Waals surface area contributed by atoms with Crippen LogP contribution in [0.25, 0.3) is 0 Å². The topological polar surface area (TPSA) is 84.0 Å². The first kappa shape index (κ1) is 21.0. The van der Waals surface area contributed by atoms with E-state index in [0.29, 0.717) is 37.2 Å². The summed E-state index contributed by atoms with van der Waals surface area (Å²) in [7, 11) is 3.21. The van der Waals surface area contributed by atoms with Gasteiger partial charge in [-0.15, -0.1) is 0 Å². The van der Waals surface area contributed by atoms with Gasteiger partial charge in [0.25, 0.3) is 5.91 Å². The van der Waals surface area contributed by atoms with Crippen molar-refractivity contribution in [3.05, 3.63) is 53.8 Å². The maximum Gasteiger partial charge on any atom is 0.254 e. The number of carbonyl (C=O) groups excluding carboxylic acids is 1. The number of rotatable bonds is 8. The van der Waals surface area contributed by atoms with Gasteiger partial charge >= 0.3 is 0 Å². The molecular weight excluding hydrogens is 363 g/mol. The zero-order chi connectivity index (χ0) is 20.4. The van der Waals surface area contributed by atoms with Crippen LogP contribution in [-0.2, 0) is 0 Å². The minimum Gasteiger partial charge on any atom is -0.493 e. The first-order chi connectivity index (χ1) is 13.6. The molecule has 1 amide bonds. The maximum atomic E-state index is 13.6. The molecule has 8 heteroatoms. The molecule has 2 rings (SSSR count). The summed E-state index contributed by atoms with van der Waals surface area (Å²) in [6.07, 6.45) is 0. The van der Waals surface area contributed by atoms with E-state index in [-0.39, 0.29) is 5.56 Å². The third kappa shape index (κ3) is 5.87. The lowest BCUT2D eigenvalue weighted by atomic mass is 10.2. The molecule has 0 bridgehead atoms. The SMILES string of the molecule is CCOc1ccc(NC(=NC)NCCNC(=O)c2ccccc2F)cc1OC. The fraction of sp³-hybridized carbons (Fsp3) is 0.300. The number of guanidine groups is 1. The zero-order valence-corrected chi connectivity index (χ0v) is 16.2. The summed E-state index contributed by atoms with van der Waals surface area (Å²) in [4.78, 5) is 16.1. The number of aliphatic imine (C=N–C) groups is 1. The second kappa shape index (κ2) is 10.8. The van der Waals surface area contributed by atoms with Crippen LogP contribution in [0.5, 0.6) is 11.5 Å². The van der Waals surface area contributed by atoms with Crippen LogP contribution in [0.4, 0.5) is 10.1 Å². The number of methoxy groups -OCH3 is 1. The Balaban J connectivity index is 1.85. The van der Waals surface area contributed by atoms with E-state index in [1.54, 1.807) is 32.4 Å². The second-order valence-electron chi connectivity index (χ2n) is 5.66. The molecule has 0 aliphatic rings. The lowest BCUT2D eigenvalue weighted by Crippen LogP contribution is -2.38. The van der Waals surface area contributed by atoms with Crippen molar-refractivity contribution in [1.29, 1.82) is 0 Å². The Morgan fingerprint density at radius 3 is 2.54 bits per heavy atom. The molecule has 0 aliphatic carbocycles. The first-order valence-electron chi connectivity index (χ1n) is 8.90. The van der Waals surface area contributed by atoms with Gasteiger partial charge in [-0.2, -0.15) is 0 Å². The summed E-state index contributed by atoms with van der Waals surface area (Å²) in [5.74, 6) is 0.786. The molecule has 0 saturated carbocycles. The van der Waals surface area contributed by atoms with Gasteiger partial charge in [0.2, 0.25) is 0 Å². The minimum absolute atomic E-state index is 0.0199. The van der Waals surface area contributed by atoms with Gasteiger partial charge in [-0.05, 0) is 31.2 Å². The molecule has 0 spiro atoms. The highest BCUT2D eigenvalue weighted by Crippen LogP contribution is 2.30. The van der Waals surface area contributed by atoms with Crippen molar-refractivity contribution in [3.8, 4) is 11.5 Å². The number of anilines is 1. The quantitative estimate of drug-likeness (QED) is 0.368. The van der Waals surface area contributed by atoms with E-state index in [9.17, 15) is 9.18 Å². The zero-order valence-electron chi connectivity index (χ0n) is 16.2. The molecule has 0 radical (unpaired) electrons. The van der Waals surface area contributed by atoms with Crippen molar-refractivity contribution in [2.75, 3.05) is 39.2 Å². The van der Waals surface area contributed by atoms with E-state index in [2.05, 4.69) is 20.9 Å². The van der Waals surface area contributed by atoms with E-state index in [0.717, 1.165) is 5.69 Å². The third-order valence-electron chi connectivity index (χ3n) is 3.77. The summed E-state index contributed by atoms with van der Waals surface area (Å²) >= 11 is 0. The van der Waals surface area contributed by atoms with Crippen molar-refractivity contribution >= 4 is 17.6 Å². The highest BCUT2D eigenvalue weighted by molar-refractivity contribution is 5.95. The Hall–Kier alpha value is -3.29. The van der Waals surface area contributed by atoms with Crippen molar-refractivity contribution in [1.82, 2.24) is 10.6 Å². The minimum atomic E-state index is -0.546. The molecule has 7 nitrogen and oxygen atoms in total. The molecule has 0 aliphatic heterocycles. The smallest absolute Gasteiger partial charge is 0.254 e. The molecule has 2 aromatic rings. The van der Waals surface area contributed by atoms with Crippen molar-refractivity contribution in [2.24, 2.45) is 4.99 Å². The number of nitrogens with one attached hydrogen (secondary N) is 3. The molecule has 150 valence electrons. The number of amides is 1. The number of ether oxygens (including phenoxy) is 2. The second-order valence-corrected chi connectivity index (χ2v) is 5.66. The summed E-state index contributed by atoms with van der Waals surface area (Å²) in [6.45, 7) is 3.17. The van der Waals surface area contributed by atoms with Gasteiger partial charge in [0.05, 0.1) is 19.3 Å². The van der Waals surface area contributed by atoms with Gasteiger partial charge in [0.15, 0.2) is 17.5 Å². The van der Waals surface area contributed by atoms with E-state index < -0.39 is 11.7 Å². The molecule has 0 saturated heterocycles. The van der Waals surface area contributed by atoms with Gasteiger partial charge in [-0.1, -0.05) is 12.1 Å². The van der Waals surface area contributed by atoms with E-state index >= 15 is 0 Å². The summed E-state index contributed by atoms with van der Waals surface area (Å²) < 4.78 is 24.4. The van der Waals surface area contributed by atoms with Gasteiger partial charge in [-0.3, -0.25) is 9.79 Å². The van der Waals surface area contributed by atoms with Gasteiger partial charge in [-0.25, -0.2) is 4.39 Å². The average molecular weight is 388 g/mol. The Morgan fingerprint density at radius 2 is 1.86 bits per heavy atom. The van der Waals surface area contributed by atoms with Crippen molar-refractivity contribution in [2.45, 2.75) is 6.92 Å². The molecule has 0 heterocycles. The Kier molecular flexibility index (Phi) is 8.08. The number of hydrogen-bond donors (Lipinski definition) is 3. The van der Waals surface area contributed by atoms with Gasteiger partial charge < -0.3 is 25.4 Å². The molecule has 3 N–H and O–H groups in total. The summed E-state index contributed by atoms with van der Waals surface area (Å²) in [5, 5.41) is 8.87. The summed E-state index contributed by atoms with van der Waals surface area (Å²) in [5.41, 5.74) is 0.787. The molecule has 0 unspecified atom stereocenters. The van der Waals surface area contributed by atoms with E-state index in [1.165, 1.54) is 12.1 Å². The van der Waals surface area contributed by atoms with Crippen LogP contribution < -0.4 is 25.4 Å². The van der Waals surface area contributed by atoms with E-state index in [4.69, 9.17) is 9.47 Å². The first-order valence-corrected chi connectivity index (χ1v) is 8.90. The van der Waals surface area contributed by atoms with Crippen molar-refractivity contribution in [3.63, 3.8) is 0 Å². The third-order valence-corrected chi connectivity index (χ3v) is 3.77. The molecular formula is C20H25FN4O3. The Labute approximate surface area is 164 Å². The van der Waals surface area contributed by atoms with E-state index in [1.807, 2.05) is 19.1 Å². The monoisotopic (exact) mass is 388 g/mol. The van der Waals surface area contributed by atoms with Crippen LogP contribution in [-0.4, -0.2) is 45.7 Å². The van der Waals surface area contributed by atoms with Gasteiger partial charge in [0, 0.05) is 31.9 Å². The number of hydrogen-bond acceptors (Lipinski definition) is 4. The average Bonchev–Trinajstić information content (AvgIpc) is 2.71. The predicted molar refractivity (Wildman–Crippen MR) is 108 cm³/mol. The molecule has 2 aromatic carbocycles. The Morgan fingerprint density at radius 1 is 1.11 bits per heavy atom. The lowest BCUT2D eigenvalue weighted by Gasteiger charge is -2.15. The molecule has 0 aromatic heterocycles. The largest absolute Gasteiger partial charge is 0.493 e. The van der Waals surface area contributed by atoms with Crippen molar-refractivity contribution < 1.29 is 18.7 Å². The highest BCUT2D eigenvalue weighted by Gasteiger charge is 2.10. The van der Waals surface area contributed by atoms with Crippen LogP contribution in [0.2, 0.25) is 0 Å². The fourth-order valence-corrected chi connectivity index (χ4v) is 2.43. The standard InChI is InChI=1S/C20H25FN4O3/c1-4-28-17-10-9-14(13-18(17)27-3)25-20(22-2)24-12-11-23-19(26)15-7-5-6-8-16(15)21/h5-10,13H,4,11-12H2,1-3H3,(H,23,26)(H2,22,24,25). The molecule has 0 atom stereocenters. The number of nitrogens with zero attached hydrogens (tertiary/aromatic N) is 1. The van der Waals surface area contributed by atoms with Crippen LogP contribution in [0.1, 0.15) is 17.3 Å². The van der Waals surface area contributed by atoms with Crippen LogP contribution in [0.3, 0.4) is 0 Å². The van der Waals surface area contributed by atoms with Gasteiger partial charge in [0.1, 0.15) is 5.82 Å². The normalized spacial score (nSPS) is 10.9. The molecule has 28 heavy (non-hydrogen) atoms. The molecule has 0 fully saturated rings. The fourth-order valence-electron chi connectivity index (χ4n) is 2.43. The summed E-state index contributed by atoms with van der Waals surface area (Å²) in [6, 6.07) is 11.3. The number of carbonyl (C=O) groups is 1.